The molecule has 1 aliphatic carbocycles. The molecule has 0 spiro atoms. The Morgan fingerprint density at radius 2 is 1.70 bits per heavy atom. The average Bonchev–Trinajstić information content (AvgIpc) is 2.89. The van der Waals surface area contributed by atoms with Crippen LogP contribution in [0.4, 0.5) is 0 Å². The number of nitrogens with two attached hydrogens (primary N) is 1. The van der Waals surface area contributed by atoms with Crippen LogP contribution in [0.25, 0.3) is 11.1 Å². The maximum atomic E-state index is 10.3. The van der Waals surface area contributed by atoms with E-state index >= 15 is 0 Å². The lowest BCUT2D eigenvalue weighted by Crippen LogP contribution is -2.26. The molecule has 2 aromatic rings. The maximum Gasteiger partial charge on any atom is 0.0732 e. The van der Waals surface area contributed by atoms with Gasteiger partial charge in [-0.2, -0.15) is 0 Å². The molecule has 0 fully saturated rings. The molecule has 0 saturated heterocycles. The first-order chi connectivity index (χ1) is 10.6. The van der Waals surface area contributed by atoms with Crippen molar-refractivity contribution in [1.29, 1.82) is 0 Å². The fourth-order valence-corrected chi connectivity index (χ4v) is 3.28. The van der Waals surface area contributed by atoms with Crippen LogP contribution in [0.5, 0.6) is 0 Å². The van der Waals surface area contributed by atoms with Crippen LogP contribution < -0.4 is 5.73 Å². The van der Waals surface area contributed by atoms with E-state index in [-0.39, 0.29) is 18.4 Å². The lowest BCUT2D eigenvalue weighted by atomic mass is 9.93. The van der Waals surface area contributed by atoms with Gasteiger partial charge in [0, 0.05) is 0 Å². The number of benzene rings is 2. The van der Waals surface area contributed by atoms with Crippen LogP contribution in [0.3, 0.4) is 0 Å². The molecule has 124 valence electrons. The van der Waals surface area contributed by atoms with Gasteiger partial charge in [0.1, 0.15) is 0 Å². The zero-order chi connectivity index (χ0) is 15.7. The lowest BCUT2D eigenvalue weighted by Gasteiger charge is -2.20. The zero-order valence-electron chi connectivity index (χ0n) is 13.8. The molecule has 23 heavy (non-hydrogen) atoms. The summed E-state index contributed by atoms with van der Waals surface area (Å²) < 4.78 is 0. The first-order valence-electron chi connectivity index (χ1n) is 8.21. The predicted molar refractivity (Wildman–Crippen MR) is 98.9 cm³/mol. The summed E-state index contributed by atoms with van der Waals surface area (Å²) in [5, 5.41) is 10.3. The van der Waals surface area contributed by atoms with Crippen molar-refractivity contribution in [2.24, 2.45) is 11.7 Å². The Hall–Kier alpha value is -1.35. The molecule has 0 saturated carbocycles. The number of fused-ring (bicyclic) bond motifs is 3. The van der Waals surface area contributed by atoms with Gasteiger partial charge < -0.3 is 10.8 Å². The van der Waals surface area contributed by atoms with Gasteiger partial charge in [0.15, 0.2) is 0 Å². The summed E-state index contributed by atoms with van der Waals surface area (Å²) in [6, 6.07) is 14.7. The molecular formula is C20H26ClNO. The van der Waals surface area contributed by atoms with Crippen LogP contribution >= 0.6 is 12.4 Å². The van der Waals surface area contributed by atoms with Crippen molar-refractivity contribution in [3.8, 4) is 11.1 Å². The molecule has 3 heteroatoms. The van der Waals surface area contributed by atoms with Crippen LogP contribution in [0.15, 0.2) is 42.5 Å². The molecule has 2 atom stereocenters. The molecular weight excluding hydrogens is 306 g/mol. The topological polar surface area (TPSA) is 46.2 Å². The third-order valence-electron chi connectivity index (χ3n) is 4.66. The Kier molecular flexibility index (Phi) is 5.85. The molecule has 3 N–H and O–H groups in total. The van der Waals surface area contributed by atoms with Crippen LogP contribution in [0.1, 0.15) is 49.4 Å². The molecule has 0 unspecified atom stereocenters. The summed E-state index contributed by atoms with van der Waals surface area (Å²) >= 11 is 0. The number of halogens is 1. The summed E-state index contributed by atoms with van der Waals surface area (Å²) in [4.78, 5) is 0. The summed E-state index contributed by atoms with van der Waals surface area (Å²) in [5.41, 5.74) is 12.7. The highest BCUT2D eigenvalue weighted by molar-refractivity contribution is 5.85. The fourth-order valence-electron chi connectivity index (χ4n) is 3.28. The third kappa shape index (κ3) is 3.77. The van der Waals surface area contributed by atoms with E-state index in [1.165, 1.54) is 22.3 Å². The predicted octanol–water partition coefficient (Wildman–Crippen LogP) is 4.48. The van der Waals surface area contributed by atoms with Crippen molar-refractivity contribution in [3.63, 3.8) is 0 Å². The lowest BCUT2D eigenvalue weighted by molar-refractivity contribution is 0.128. The molecule has 3 rings (SSSR count). The summed E-state index contributed by atoms with van der Waals surface area (Å²) in [5.74, 6) is 0.594. The van der Waals surface area contributed by atoms with Gasteiger partial charge in [-0.25, -0.2) is 0 Å². The van der Waals surface area contributed by atoms with Crippen LogP contribution in [0, 0.1) is 5.92 Å². The van der Waals surface area contributed by atoms with Crippen molar-refractivity contribution >= 4 is 12.4 Å². The Morgan fingerprint density at radius 3 is 2.43 bits per heavy atom. The summed E-state index contributed by atoms with van der Waals surface area (Å²) in [6.45, 7) is 4.34. The second-order valence-corrected chi connectivity index (χ2v) is 6.81. The number of aliphatic hydroxyl groups is 1. The SMILES string of the molecule is CC(C)CC[C@@H](O)[C@@H](N)c1ccc2c(c1)Cc1ccccc1-2.Cl. The minimum Gasteiger partial charge on any atom is -0.391 e. The smallest absolute Gasteiger partial charge is 0.0732 e. The number of aliphatic hydroxyl groups excluding tert-OH is 1. The average molecular weight is 332 g/mol. The van der Waals surface area contributed by atoms with Gasteiger partial charge in [-0.1, -0.05) is 56.3 Å². The second kappa shape index (κ2) is 7.48. The monoisotopic (exact) mass is 331 g/mol. The minimum atomic E-state index is -0.468. The van der Waals surface area contributed by atoms with Crippen molar-refractivity contribution in [1.82, 2.24) is 0 Å². The Bertz CT molecular complexity index is 668. The van der Waals surface area contributed by atoms with Gasteiger partial charge in [-0.3, -0.25) is 0 Å². The van der Waals surface area contributed by atoms with Gasteiger partial charge in [0.25, 0.3) is 0 Å². The highest BCUT2D eigenvalue weighted by atomic mass is 35.5. The van der Waals surface area contributed by atoms with Gasteiger partial charge in [0.2, 0.25) is 0 Å². The number of rotatable bonds is 5. The van der Waals surface area contributed by atoms with E-state index in [1.807, 2.05) is 0 Å². The van der Waals surface area contributed by atoms with E-state index in [9.17, 15) is 5.11 Å². The summed E-state index contributed by atoms with van der Waals surface area (Å²) in [6.07, 6.45) is 2.26. The molecule has 0 aliphatic heterocycles. The zero-order valence-corrected chi connectivity index (χ0v) is 14.6. The number of hydrogen-bond acceptors (Lipinski definition) is 2. The van der Waals surface area contributed by atoms with E-state index in [0.29, 0.717) is 5.92 Å². The highest BCUT2D eigenvalue weighted by Crippen LogP contribution is 2.37. The van der Waals surface area contributed by atoms with Crippen molar-refractivity contribution in [3.05, 3.63) is 59.2 Å². The molecule has 0 aromatic heterocycles. The van der Waals surface area contributed by atoms with E-state index in [0.717, 1.165) is 24.8 Å². The van der Waals surface area contributed by atoms with Crippen LogP contribution in [-0.4, -0.2) is 11.2 Å². The first-order valence-corrected chi connectivity index (χ1v) is 8.21. The van der Waals surface area contributed by atoms with Crippen molar-refractivity contribution in [2.45, 2.75) is 45.3 Å². The van der Waals surface area contributed by atoms with E-state index in [2.05, 4.69) is 56.3 Å². The normalized spacial score (nSPS) is 14.8. The number of hydrogen-bond donors (Lipinski definition) is 2. The van der Waals surface area contributed by atoms with Gasteiger partial charge >= 0.3 is 0 Å². The molecule has 2 nitrogen and oxygen atoms in total. The molecule has 1 aliphatic rings. The molecule has 0 radical (unpaired) electrons. The highest BCUT2D eigenvalue weighted by Gasteiger charge is 2.22. The van der Waals surface area contributed by atoms with Gasteiger partial charge in [-0.15, -0.1) is 12.4 Å². The van der Waals surface area contributed by atoms with E-state index in [4.69, 9.17) is 5.73 Å². The Labute approximate surface area is 145 Å². The minimum absolute atomic E-state index is 0. The fraction of sp³-hybridized carbons (Fsp3) is 0.400. The molecule has 0 heterocycles. The van der Waals surface area contributed by atoms with E-state index in [1.54, 1.807) is 0 Å². The van der Waals surface area contributed by atoms with Crippen LogP contribution in [0.2, 0.25) is 0 Å². The third-order valence-corrected chi connectivity index (χ3v) is 4.66. The summed E-state index contributed by atoms with van der Waals surface area (Å²) in [7, 11) is 0. The second-order valence-electron chi connectivity index (χ2n) is 6.81. The van der Waals surface area contributed by atoms with Gasteiger partial charge in [-0.05, 0) is 53.0 Å². The Balaban J connectivity index is 0.00000192. The molecule has 2 aromatic carbocycles. The molecule has 0 bridgehead atoms. The van der Waals surface area contributed by atoms with E-state index < -0.39 is 6.10 Å². The standard InChI is InChI=1S/C20H25NO.ClH/c1-13(2)7-10-19(22)20(21)15-8-9-18-16(12-15)11-14-5-3-4-6-17(14)18;/h3-6,8-9,12-13,19-20,22H,7,10-11,21H2,1-2H3;1H/t19-,20+;/m1./s1. The Morgan fingerprint density at radius 1 is 1.00 bits per heavy atom. The first kappa shape index (κ1) is 18.0. The van der Waals surface area contributed by atoms with Crippen molar-refractivity contribution in [2.75, 3.05) is 0 Å². The van der Waals surface area contributed by atoms with Crippen LogP contribution in [-0.2, 0) is 6.42 Å². The van der Waals surface area contributed by atoms with Crippen molar-refractivity contribution < 1.29 is 5.11 Å². The maximum absolute atomic E-state index is 10.3. The van der Waals surface area contributed by atoms with Gasteiger partial charge in [0.05, 0.1) is 12.1 Å². The molecule has 0 amide bonds. The largest absolute Gasteiger partial charge is 0.391 e. The quantitative estimate of drug-likeness (QED) is 0.724.